The second kappa shape index (κ2) is 12.3. The number of likely N-dealkylation sites (tertiary alicyclic amines) is 1. The first-order chi connectivity index (χ1) is 20.4. The first-order valence-electron chi connectivity index (χ1n) is 15.5. The van der Waals surface area contributed by atoms with E-state index in [0.29, 0.717) is 18.5 Å². The summed E-state index contributed by atoms with van der Waals surface area (Å²) < 4.78 is 5.62. The minimum atomic E-state index is -1.11. The number of nitrogens with one attached hydrogen (secondary N) is 2. The molecule has 11 nitrogen and oxygen atoms in total. The molecule has 1 aliphatic heterocycles. The molecule has 4 rings (SSSR count). The van der Waals surface area contributed by atoms with Crippen LogP contribution in [0.5, 0.6) is 0 Å². The van der Waals surface area contributed by atoms with Crippen LogP contribution < -0.4 is 16.4 Å². The molecule has 2 saturated carbocycles. The first-order valence-corrected chi connectivity index (χ1v) is 15.5. The lowest BCUT2D eigenvalue weighted by Crippen LogP contribution is -2.60. The van der Waals surface area contributed by atoms with Gasteiger partial charge in [0.05, 0.1) is 6.04 Å². The normalized spacial score (nSPS) is 24.0. The fourth-order valence-electron chi connectivity index (χ4n) is 6.50. The molecule has 4 amide bonds. The van der Waals surface area contributed by atoms with Gasteiger partial charge in [0.25, 0.3) is 5.91 Å². The van der Waals surface area contributed by atoms with Crippen molar-refractivity contribution >= 4 is 35.4 Å². The number of carbonyl (C=O) groups excluding carboxylic acids is 6. The second-order valence-electron chi connectivity index (χ2n) is 14.6. The van der Waals surface area contributed by atoms with Crippen LogP contribution in [0.15, 0.2) is 30.3 Å². The van der Waals surface area contributed by atoms with E-state index in [4.69, 9.17) is 10.5 Å². The number of ketones is 2. The third-order valence-electron chi connectivity index (χ3n) is 9.43. The second-order valence-corrected chi connectivity index (χ2v) is 14.6. The van der Waals surface area contributed by atoms with Crippen molar-refractivity contribution in [1.29, 1.82) is 0 Å². The Morgan fingerprint density at radius 3 is 2.16 bits per heavy atom. The van der Waals surface area contributed by atoms with Crippen molar-refractivity contribution in [1.82, 2.24) is 15.5 Å². The predicted octanol–water partition coefficient (Wildman–Crippen LogP) is 2.86. The van der Waals surface area contributed by atoms with Gasteiger partial charge in [0.2, 0.25) is 23.4 Å². The number of nitrogens with two attached hydrogens (primary N) is 1. The Bertz CT molecular complexity index is 1310. The number of fused-ring (bicyclic) bond motifs is 1. The Labute approximate surface area is 259 Å². The van der Waals surface area contributed by atoms with Gasteiger partial charge >= 0.3 is 6.09 Å². The number of primary amides is 1. The van der Waals surface area contributed by atoms with Gasteiger partial charge in [-0.2, -0.15) is 0 Å². The first kappa shape index (κ1) is 33.1. The van der Waals surface area contributed by atoms with E-state index in [1.807, 2.05) is 13.8 Å². The molecule has 2 aliphatic carbocycles. The molecular formula is C33H46N4O7. The van der Waals surface area contributed by atoms with Crippen molar-refractivity contribution in [3.05, 3.63) is 35.9 Å². The Morgan fingerprint density at radius 2 is 1.64 bits per heavy atom. The monoisotopic (exact) mass is 610 g/mol. The van der Waals surface area contributed by atoms with Crippen LogP contribution in [0.2, 0.25) is 0 Å². The van der Waals surface area contributed by atoms with Crippen molar-refractivity contribution in [3.63, 3.8) is 0 Å². The number of amides is 4. The molecular weight excluding hydrogens is 564 g/mol. The molecule has 1 aromatic rings. The van der Waals surface area contributed by atoms with E-state index < -0.39 is 59.2 Å². The molecule has 44 heavy (non-hydrogen) atoms. The van der Waals surface area contributed by atoms with Crippen LogP contribution in [-0.4, -0.2) is 71.1 Å². The predicted molar refractivity (Wildman–Crippen MR) is 162 cm³/mol. The minimum Gasteiger partial charge on any atom is -0.438 e. The summed E-state index contributed by atoms with van der Waals surface area (Å²) in [5.74, 6) is -3.48. The van der Waals surface area contributed by atoms with Crippen LogP contribution in [0.1, 0.15) is 78.1 Å². The molecule has 0 spiro atoms. The fraction of sp³-hybridized carbons (Fsp3) is 0.636. The highest BCUT2D eigenvalue weighted by molar-refractivity contribution is 6.37. The molecule has 3 aliphatic rings. The Kier molecular flexibility index (Phi) is 9.28. The fourth-order valence-corrected chi connectivity index (χ4v) is 6.50. The van der Waals surface area contributed by atoms with E-state index in [0.717, 1.165) is 12.8 Å². The van der Waals surface area contributed by atoms with Gasteiger partial charge < -0.3 is 26.0 Å². The number of alkyl carbamates (subject to hydrolysis) is 1. The zero-order chi connectivity index (χ0) is 32.7. The van der Waals surface area contributed by atoms with Crippen LogP contribution >= 0.6 is 0 Å². The summed E-state index contributed by atoms with van der Waals surface area (Å²) in [5, 5.41) is 5.44. The van der Waals surface area contributed by atoms with Crippen LogP contribution in [0, 0.1) is 34.5 Å². The Balaban J connectivity index is 1.53. The van der Waals surface area contributed by atoms with Gasteiger partial charge in [-0.1, -0.05) is 91.6 Å². The van der Waals surface area contributed by atoms with Gasteiger partial charge in [-0.25, -0.2) is 4.79 Å². The number of nitrogens with zero attached hydrogens (tertiary/aromatic N) is 1. The summed E-state index contributed by atoms with van der Waals surface area (Å²) >= 11 is 0. The van der Waals surface area contributed by atoms with E-state index in [1.165, 1.54) is 4.90 Å². The van der Waals surface area contributed by atoms with Crippen molar-refractivity contribution < 1.29 is 33.5 Å². The molecule has 0 radical (unpaired) electrons. The van der Waals surface area contributed by atoms with Gasteiger partial charge in [0.1, 0.15) is 12.1 Å². The number of ether oxygens (including phenoxy) is 1. The summed E-state index contributed by atoms with van der Waals surface area (Å²) in [6.07, 6.45) is 0.158. The molecule has 240 valence electrons. The number of rotatable bonds is 12. The summed E-state index contributed by atoms with van der Waals surface area (Å²) in [5.41, 5.74) is 4.70. The Hall–Kier alpha value is -3.76. The molecule has 1 saturated heterocycles. The highest BCUT2D eigenvalue weighted by atomic mass is 16.6. The molecule has 1 aromatic carbocycles. The number of piperidine rings is 1. The van der Waals surface area contributed by atoms with Crippen molar-refractivity contribution in [2.45, 2.75) is 92.0 Å². The lowest BCUT2D eigenvalue weighted by molar-refractivity contribution is -0.145. The minimum absolute atomic E-state index is 0.0531. The van der Waals surface area contributed by atoms with E-state index in [-0.39, 0.29) is 34.9 Å². The van der Waals surface area contributed by atoms with Crippen LogP contribution in [0.3, 0.4) is 0 Å². The number of hydrogen-bond donors (Lipinski definition) is 3. The largest absolute Gasteiger partial charge is 0.438 e. The van der Waals surface area contributed by atoms with E-state index >= 15 is 0 Å². The molecule has 1 heterocycles. The zero-order valence-corrected chi connectivity index (χ0v) is 26.7. The summed E-state index contributed by atoms with van der Waals surface area (Å²) in [6.45, 7) is 13.3. The SMILES string of the molecule is CC(C)[C@H](OC(=O)N[C@H](C(=O)N1C[C@H]2[C@@H]([C@H]1C(=O)NC(CC1CC1)C(=O)C(N)=O)C2(C)C)C(C)(C)C)C(=O)c1ccccc1. The van der Waals surface area contributed by atoms with E-state index in [1.54, 1.807) is 65.0 Å². The summed E-state index contributed by atoms with van der Waals surface area (Å²) in [6, 6.07) is 5.52. The smallest absolute Gasteiger partial charge is 0.408 e. The maximum absolute atomic E-state index is 14.2. The van der Waals surface area contributed by atoms with Gasteiger partial charge in [-0.05, 0) is 40.9 Å². The number of carbonyl (C=O) groups is 6. The van der Waals surface area contributed by atoms with Gasteiger partial charge in [0.15, 0.2) is 6.10 Å². The van der Waals surface area contributed by atoms with Gasteiger partial charge in [-0.3, -0.25) is 24.0 Å². The lowest BCUT2D eigenvalue weighted by Gasteiger charge is -2.38. The third kappa shape index (κ3) is 6.97. The van der Waals surface area contributed by atoms with E-state index in [9.17, 15) is 28.8 Å². The molecule has 6 atom stereocenters. The molecule has 0 bridgehead atoms. The lowest BCUT2D eigenvalue weighted by atomic mass is 9.85. The Morgan fingerprint density at radius 1 is 1.02 bits per heavy atom. The van der Waals surface area contributed by atoms with E-state index in [2.05, 4.69) is 10.6 Å². The zero-order valence-electron chi connectivity index (χ0n) is 26.7. The molecule has 4 N–H and O–H groups in total. The molecule has 3 fully saturated rings. The maximum Gasteiger partial charge on any atom is 0.408 e. The van der Waals surface area contributed by atoms with Crippen molar-refractivity contribution in [3.8, 4) is 0 Å². The highest BCUT2D eigenvalue weighted by Gasteiger charge is 2.70. The number of Topliss-reactive ketones (excluding diaryl/α,β-unsaturated/α-hetero) is 2. The number of hydrogen-bond acceptors (Lipinski definition) is 7. The standard InChI is InChI=1S/C33H46N4O7/c1-17(2)26(24(38)19-11-9-8-10-12-19)44-31(43)36-27(32(3,4)5)30(42)37-16-20-22(33(20,6)7)23(37)29(41)35-21(15-18-13-14-18)25(39)28(34)40/h8-12,17-18,20-23,26-27H,13-16H2,1-7H3,(H2,34,40)(H,35,41)(H,36,43)/t20-,21?,22-,23-,26-,27+/m0/s1. The van der Waals surface area contributed by atoms with Gasteiger partial charge in [0, 0.05) is 12.1 Å². The van der Waals surface area contributed by atoms with Crippen LogP contribution in [0.4, 0.5) is 4.79 Å². The average molecular weight is 611 g/mol. The highest BCUT2D eigenvalue weighted by Crippen LogP contribution is 2.65. The van der Waals surface area contributed by atoms with Gasteiger partial charge in [-0.15, -0.1) is 0 Å². The van der Waals surface area contributed by atoms with Crippen LogP contribution in [0.25, 0.3) is 0 Å². The van der Waals surface area contributed by atoms with Crippen molar-refractivity contribution in [2.24, 2.45) is 40.2 Å². The number of benzene rings is 1. The molecule has 11 heteroatoms. The summed E-state index contributed by atoms with van der Waals surface area (Å²) in [7, 11) is 0. The quantitative estimate of drug-likeness (QED) is 0.242. The summed E-state index contributed by atoms with van der Waals surface area (Å²) in [4.78, 5) is 80.1. The topological polar surface area (TPSA) is 165 Å². The molecule has 0 aromatic heterocycles. The molecule has 1 unspecified atom stereocenters. The van der Waals surface area contributed by atoms with Crippen LogP contribution in [-0.2, 0) is 23.9 Å². The third-order valence-corrected chi connectivity index (χ3v) is 9.43. The average Bonchev–Trinajstić information content (AvgIpc) is 3.80. The maximum atomic E-state index is 14.2. The van der Waals surface area contributed by atoms with Crippen molar-refractivity contribution in [2.75, 3.05) is 6.54 Å².